The third kappa shape index (κ3) is 3.50. The van der Waals surface area contributed by atoms with E-state index in [-0.39, 0.29) is 11.5 Å². The Morgan fingerprint density at radius 2 is 1.78 bits per heavy atom. The monoisotopic (exact) mass is 376 g/mol. The van der Waals surface area contributed by atoms with Crippen molar-refractivity contribution < 1.29 is 4.79 Å². The third-order valence-electron chi connectivity index (χ3n) is 4.16. The maximum atomic E-state index is 12.6. The fraction of sp³-hybridized carbons (Fsp3) is 0.100. The Hall–Kier alpha value is -3.32. The summed E-state index contributed by atoms with van der Waals surface area (Å²) in [5.41, 5.74) is 2.01. The number of hydrogen-bond acceptors (Lipinski definition) is 5. The molecule has 0 bridgehead atoms. The lowest BCUT2D eigenvalue weighted by Crippen LogP contribution is -2.33. The number of hydrogen-bond donors (Lipinski definition) is 1. The van der Waals surface area contributed by atoms with E-state index in [4.69, 9.17) is 0 Å². The number of aromatic nitrogens is 3. The number of nitrogens with one attached hydrogen (secondary N) is 1. The van der Waals surface area contributed by atoms with Crippen LogP contribution in [0, 0.1) is 0 Å². The van der Waals surface area contributed by atoms with Crippen molar-refractivity contribution in [1.82, 2.24) is 14.8 Å². The van der Waals surface area contributed by atoms with Crippen molar-refractivity contribution in [2.45, 2.75) is 13.0 Å². The molecule has 2 aromatic heterocycles. The molecule has 0 spiro atoms. The van der Waals surface area contributed by atoms with Crippen LogP contribution in [0.5, 0.6) is 0 Å². The summed E-state index contributed by atoms with van der Waals surface area (Å²) in [6, 6.07) is 19.5. The molecule has 1 unspecified atom stereocenters. The van der Waals surface area contributed by atoms with Crippen LogP contribution in [0.2, 0.25) is 0 Å². The highest BCUT2D eigenvalue weighted by Gasteiger charge is 2.19. The summed E-state index contributed by atoms with van der Waals surface area (Å²) in [5, 5.41) is 7.66. The van der Waals surface area contributed by atoms with Gasteiger partial charge in [0.1, 0.15) is 6.04 Å². The number of benzene rings is 2. The molecular formula is C20H16N4O2S. The van der Waals surface area contributed by atoms with Crippen molar-refractivity contribution in [3.05, 3.63) is 77.1 Å². The molecule has 0 fully saturated rings. The second kappa shape index (κ2) is 7.13. The van der Waals surface area contributed by atoms with Gasteiger partial charge >= 0.3 is 0 Å². The largest absolute Gasteiger partial charge is 0.300 e. The summed E-state index contributed by atoms with van der Waals surface area (Å²) in [4.78, 5) is 29.3. The van der Waals surface area contributed by atoms with E-state index in [1.54, 1.807) is 13.0 Å². The molecule has 2 aromatic carbocycles. The van der Waals surface area contributed by atoms with Crippen molar-refractivity contribution in [3.8, 4) is 11.3 Å². The molecule has 2 heterocycles. The zero-order chi connectivity index (χ0) is 18.8. The summed E-state index contributed by atoms with van der Waals surface area (Å²) in [5.74, 6) is -0.339. The van der Waals surface area contributed by atoms with Crippen molar-refractivity contribution in [2.24, 2.45) is 0 Å². The highest BCUT2D eigenvalue weighted by molar-refractivity contribution is 7.22. The molecule has 0 aliphatic carbocycles. The predicted octanol–water partition coefficient (Wildman–Crippen LogP) is 3.72. The Balaban J connectivity index is 1.60. The fourth-order valence-electron chi connectivity index (χ4n) is 2.71. The second-order valence-electron chi connectivity index (χ2n) is 6.02. The van der Waals surface area contributed by atoms with E-state index >= 15 is 0 Å². The minimum atomic E-state index is -0.770. The highest BCUT2D eigenvalue weighted by Crippen LogP contribution is 2.26. The van der Waals surface area contributed by atoms with Gasteiger partial charge in [0.15, 0.2) is 5.13 Å². The van der Waals surface area contributed by atoms with E-state index in [1.165, 1.54) is 22.1 Å². The molecule has 4 rings (SSSR count). The van der Waals surface area contributed by atoms with Gasteiger partial charge in [0.25, 0.3) is 11.5 Å². The summed E-state index contributed by atoms with van der Waals surface area (Å²) in [7, 11) is 0. The van der Waals surface area contributed by atoms with Gasteiger partial charge in [-0.25, -0.2) is 9.67 Å². The molecule has 6 nitrogen and oxygen atoms in total. The van der Waals surface area contributed by atoms with Gasteiger partial charge in [0.2, 0.25) is 0 Å². The van der Waals surface area contributed by atoms with Crippen LogP contribution in [0.25, 0.3) is 21.5 Å². The number of anilines is 1. The van der Waals surface area contributed by atoms with E-state index in [0.717, 1.165) is 15.8 Å². The Labute approximate surface area is 159 Å². The minimum absolute atomic E-state index is 0.332. The molecule has 134 valence electrons. The number of para-hydroxylation sites is 1. The quantitative estimate of drug-likeness (QED) is 0.589. The normalized spacial score (nSPS) is 12.0. The number of carbonyl (C=O) groups is 1. The summed E-state index contributed by atoms with van der Waals surface area (Å²) < 4.78 is 2.19. The molecule has 1 N–H and O–H groups in total. The van der Waals surface area contributed by atoms with Gasteiger partial charge in [-0.1, -0.05) is 53.8 Å². The Morgan fingerprint density at radius 3 is 2.56 bits per heavy atom. The number of nitrogens with zero attached hydrogens (tertiary/aromatic N) is 3. The molecule has 0 radical (unpaired) electrons. The number of rotatable bonds is 4. The van der Waals surface area contributed by atoms with E-state index in [1.807, 2.05) is 54.6 Å². The first-order chi connectivity index (χ1) is 13.1. The van der Waals surface area contributed by atoms with Crippen molar-refractivity contribution in [3.63, 3.8) is 0 Å². The molecule has 1 amide bonds. The number of carbonyl (C=O) groups excluding carboxylic acids is 1. The van der Waals surface area contributed by atoms with E-state index in [2.05, 4.69) is 15.4 Å². The molecule has 1 atom stereocenters. The smallest absolute Gasteiger partial charge is 0.267 e. The standard InChI is InChI=1S/C20H16N4O2S/c1-13(19(26)22-20-21-16-9-5-6-10-17(16)27-20)24-18(25)12-11-15(23-24)14-7-3-2-4-8-14/h2-13H,1H3,(H,21,22,26). The van der Waals surface area contributed by atoms with Crippen LogP contribution in [-0.4, -0.2) is 20.7 Å². The van der Waals surface area contributed by atoms with Gasteiger partial charge < -0.3 is 5.32 Å². The lowest BCUT2D eigenvalue weighted by atomic mass is 10.1. The third-order valence-corrected chi connectivity index (χ3v) is 5.12. The van der Waals surface area contributed by atoms with Gasteiger partial charge in [-0.05, 0) is 25.1 Å². The minimum Gasteiger partial charge on any atom is -0.300 e. The molecule has 0 aliphatic rings. The SMILES string of the molecule is CC(C(=O)Nc1nc2ccccc2s1)n1nc(-c2ccccc2)ccc1=O. The van der Waals surface area contributed by atoms with Gasteiger partial charge in [0.05, 0.1) is 15.9 Å². The van der Waals surface area contributed by atoms with E-state index < -0.39 is 6.04 Å². The highest BCUT2D eigenvalue weighted by atomic mass is 32.1. The average molecular weight is 376 g/mol. The lowest BCUT2D eigenvalue weighted by molar-refractivity contribution is -0.119. The van der Waals surface area contributed by atoms with Crippen LogP contribution in [0.1, 0.15) is 13.0 Å². The van der Waals surface area contributed by atoms with Crippen molar-refractivity contribution >= 4 is 32.6 Å². The lowest BCUT2D eigenvalue weighted by Gasteiger charge is -2.14. The summed E-state index contributed by atoms with van der Waals surface area (Å²) in [6.07, 6.45) is 0. The zero-order valence-electron chi connectivity index (χ0n) is 14.5. The molecular weight excluding hydrogens is 360 g/mol. The van der Waals surface area contributed by atoms with Crippen LogP contribution in [-0.2, 0) is 4.79 Å². The first kappa shape index (κ1) is 17.1. The average Bonchev–Trinajstić information content (AvgIpc) is 3.10. The predicted molar refractivity (Wildman–Crippen MR) is 107 cm³/mol. The van der Waals surface area contributed by atoms with Crippen LogP contribution in [0.15, 0.2) is 71.5 Å². The van der Waals surface area contributed by atoms with Gasteiger partial charge in [-0.2, -0.15) is 5.10 Å². The van der Waals surface area contributed by atoms with Gasteiger partial charge in [-0.3, -0.25) is 9.59 Å². The topological polar surface area (TPSA) is 76.9 Å². The van der Waals surface area contributed by atoms with E-state index in [9.17, 15) is 9.59 Å². The number of amides is 1. The molecule has 27 heavy (non-hydrogen) atoms. The first-order valence-corrected chi connectivity index (χ1v) is 9.25. The molecule has 0 saturated carbocycles. The molecule has 0 aliphatic heterocycles. The second-order valence-corrected chi connectivity index (χ2v) is 7.05. The maximum absolute atomic E-state index is 12.6. The number of thiazole rings is 1. The van der Waals surface area contributed by atoms with E-state index in [0.29, 0.717) is 10.8 Å². The van der Waals surface area contributed by atoms with Crippen LogP contribution in [0.4, 0.5) is 5.13 Å². The summed E-state index contributed by atoms with van der Waals surface area (Å²) in [6.45, 7) is 1.64. The molecule has 7 heteroatoms. The zero-order valence-corrected chi connectivity index (χ0v) is 15.3. The van der Waals surface area contributed by atoms with Gasteiger partial charge in [0, 0.05) is 11.6 Å². The maximum Gasteiger partial charge on any atom is 0.267 e. The summed E-state index contributed by atoms with van der Waals surface area (Å²) >= 11 is 1.39. The van der Waals surface area contributed by atoms with Crippen LogP contribution in [0.3, 0.4) is 0 Å². The van der Waals surface area contributed by atoms with Crippen LogP contribution >= 0.6 is 11.3 Å². The van der Waals surface area contributed by atoms with Crippen molar-refractivity contribution in [1.29, 1.82) is 0 Å². The fourth-order valence-corrected chi connectivity index (χ4v) is 3.58. The van der Waals surface area contributed by atoms with Gasteiger partial charge in [-0.15, -0.1) is 0 Å². The Bertz CT molecular complexity index is 1130. The Kier molecular flexibility index (Phi) is 4.52. The van der Waals surface area contributed by atoms with Crippen LogP contribution < -0.4 is 10.9 Å². The Morgan fingerprint density at radius 1 is 1.04 bits per heavy atom. The molecule has 4 aromatic rings. The molecule has 0 saturated heterocycles. The number of fused-ring (bicyclic) bond motifs is 1. The first-order valence-electron chi connectivity index (χ1n) is 8.43. The van der Waals surface area contributed by atoms with Crippen molar-refractivity contribution in [2.75, 3.05) is 5.32 Å².